The molecule has 1 N–H and O–H groups in total. The molecule has 2 amide bonds. The van der Waals surface area contributed by atoms with Crippen LogP contribution in [-0.2, 0) is 6.54 Å². The molecule has 3 aromatic carbocycles. The van der Waals surface area contributed by atoms with Crippen molar-refractivity contribution in [1.82, 2.24) is 9.47 Å². The summed E-state index contributed by atoms with van der Waals surface area (Å²) in [6.07, 6.45) is 2.03. The van der Waals surface area contributed by atoms with E-state index in [0.29, 0.717) is 23.0 Å². The minimum Gasteiger partial charge on any atom is -0.495 e. The number of aromatic nitrogens is 1. The highest BCUT2D eigenvalue weighted by atomic mass is 35.5. The highest BCUT2D eigenvalue weighted by Gasteiger charge is 2.34. The number of nitrogens with zero attached hydrogens (tertiary/aromatic N) is 2. The summed E-state index contributed by atoms with van der Waals surface area (Å²) in [7, 11) is 1.59. The van der Waals surface area contributed by atoms with Crippen LogP contribution < -0.4 is 10.1 Å². The molecule has 5 nitrogen and oxygen atoms in total. The number of fused-ring (bicyclic) bond motifs is 3. The van der Waals surface area contributed by atoms with E-state index in [9.17, 15) is 4.79 Å². The Labute approximate surface area is 191 Å². The number of nitrogens with one attached hydrogen (secondary N) is 1. The quantitative estimate of drug-likeness (QED) is 0.405. The van der Waals surface area contributed by atoms with Crippen LogP contribution in [0.3, 0.4) is 0 Å². The zero-order valence-corrected chi connectivity index (χ0v) is 18.3. The molecule has 0 aliphatic carbocycles. The predicted molar refractivity (Wildman–Crippen MR) is 127 cm³/mol. The molecule has 0 radical (unpaired) electrons. The van der Waals surface area contributed by atoms with Crippen molar-refractivity contribution in [3.8, 4) is 11.4 Å². The van der Waals surface area contributed by atoms with E-state index in [1.807, 2.05) is 83.9 Å². The van der Waals surface area contributed by atoms with Crippen LogP contribution in [0.4, 0.5) is 10.5 Å². The first-order chi connectivity index (χ1) is 15.7. The van der Waals surface area contributed by atoms with Crippen molar-refractivity contribution in [3.05, 3.63) is 113 Å². The summed E-state index contributed by atoms with van der Waals surface area (Å²) in [5, 5.41) is 3.66. The fourth-order valence-corrected chi connectivity index (χ4v) is 4.54. The van der Waals surface area contributed by atoms with Gasteiger partial charge in [0, 0.05) is 11.2 Å². The van der Waals surface area contributed by atoms with E-state index >= 15 is 0 Å². The number of carbonyl (C=O) groups excluding carboxylic acids is 1. The average Bonchev–Trinajstić information content (AvgIpc) is 3.24. The van der Waals surface area contributed by atoms with E-state index in [1.54, 1.807) is 7.11 Å². The van der Waals surface area contributed by atoms with Gasteiger partial charge < -0.3 is 19.5 Å². The lowest BCUT2D eigenvalue weighted by Crippen LogP contribution is -2.38. The van der Waals surface area contributed by atoms with Gasteiger partial charge in [-0.15, -0.1) is 0 Å². The molecule has 6 heteroatoms. The number of anilines is 1. The molecule has 1 aromatic heterocycles. The summed E-state index contributed by atoms with van der Waals surface area (Å²) in [6.45, 7) is 0.425. The summed E-state index contributed by atoms with van der Waals surface area (Å²) in [6, 6.07) is 26.6. The van der Waals surface area contributed by atoms with E-state index in [0.717, 1.165) is 22.5 Å². The standard InChI is InChI=1S/C26H22ClN3O2/c1-32-24-15-7-5-12-21(24)28-26(31)30-17-18-9-2-6-13-22(18)29-16-8-14-23(29)25(30)19-10-3-4-11-20(19)27/h2-16,25H,17H2,1H3,(H,28,31)/t25-/m1/s1. The summed E-state index contributed by atoms with van der Waals surface area (Å²) in [4.78, 5) is 15.6. The van der Waals surface area contributed by atoms with Crippen LogP contribution in [0.25, 0.3) is 5.69 Å². The van der Waals surface area contributed by atoms with Gasteiger partial charge >= 0.3 is 6.03 Å². The Bertz CT molecular complexity index is 1280. The molecular weight excluding hydrogens is 422 g/mol. The van der Waals surface area contributed by atoms with Gasteiger partial charge in [-0.25, -0.2) is 4.79 Å². The molecule has 0 saturated carbocycles. The van der Waals surface area contributed by atoms with Crippen molar-refractivity contribution in [2.45, 2.75) is 12.6 Å². The van der Waals surface area contributed by atoms with Crippen molar-refractivity contribution in [1.29, 1.82) is 0 Å². The number of halogens is 1. The maximum atomic E-state index is 13.7. The molecule has 0 bridgehead atoms. The SMILES string of the molecule is COc1ccccc1NC(=O)N1Cc2ccccc2-n2cccc2[C@H]1c1ccccc1Cl. The Kier molecular flexibility index (Phi) is 5.33. The maximum Gasteiger partial charge on any atom is 0.323 e. The highest BCUT2D eigenvalue weighted by molar-refractivity contribution is 6.31. The molecule has 1 aliphatic rings. The van der Waals surface area contributed by atoms with Crippen LogP contribution in [0.15, 0.2) is 91.1 Å². The number of ether oxygens (including phenoxy) is 1. The minimum absolute atomic E-state index is 0.233. The van der Waals surface area contributed by atoms with Crippen molar-refractivity contribution in [2.24, 2.45) is 0 Å². The normalized spacial score (nSPS) is 14.8. The van der Waals surface area contributed by atoms with Crippen molar-refractivity contribution >= 4 is 23.3 Å². The van der Waals surface area contributed by atoms with E-state index in [1.165, 1.54) is 0 Å². The zero-order valence-electron chi connectivity index (χ0n) is 17.5. The molecular formula is C26H22ClN3O2. The molecule has 4 aromatic rings. The molecule has 2 heterocycles. The molecule has 160 valence electrons. The van der Waals surface area contributed by atoms with Crippen molar-refractivity contribution < 1.29 is 9.53 Å². The molecule has 32 heavy (non-hydrogen) atoms. The number of benzene rings is 3. The van der Waals surface area contributed by atoms with Crippen LogP contribution in [0.5, 0.6) is 5.75 Å². The van der Waals surface area contributed by atoms with E-state index in [2.05, 4.69) is 22.0 Å². The number of hydrogen-bond acceptors (Lipinski definition) is 2. The van der Waals surface area contributed by atoms with Gasteiger partial charge in [0.1, 0.15) is 11.8 Å². The third-order valence-electron chi connectivity index (χ3n) is 5.77. The Morgan fingerprint density at radius 3 is 2.56 bits per heavy atom. The van der Waals surface area contributed by atoms with Crippen molar-refractivity contribution in [3.63, 3.8) is 0 Å². The fraction of sp³-hybridized carbons (Fsp3) is 0.115. The number of urea groups is 1. The van der Waals surface area contributed by atoms with Gasteiger partial charge in [-0.1, -0.05) is 60.1 Å². The molecule has 0 saturated heterocycles. The first-order valence-electron chi connectivity index (χ1n) is 10.4. The third kappa shape index (κ3) is 3.51. The first kappa shape index (κ1) is 20.2. The topological polar surface area (TPSA) is 46.5 Å². The van der Waals surface area contributed by atoms with Crippen LogP contribution in [-0.4, -0.2) is 22.6 Å². The minimum atomic E-state index is -0.374. The van der Waals surface area contributed by atoms with Crippen LogP contribution in [0.1, 0.15) is 22.9 Å². The van der Waals surface area contributed by atoms with Gasteiger partial charge in [0.25, 0.3) is 0 Å². The number of rotatable bonds is 3. The Hall–Kier alpha value is -3.70. The number of methoxy groups -OCH3 is 1. The van der Waals surface area contributed by atoms with Gasteiger partial charge in [-0.05, 0) is 47.5 Å². The van der Waals surface area contributed by atoms with Gasteiger partial charge in [-0.3, -0.25) is 0 Å². The number of carbonyl (C=O) groups is 1. The van der Waals surface area contributed by atoms with Gasteiger partial charge in [0.05, 0.1) is 30.7 Å². The van der Waals surface area contributed by atoms with E-state index in [4.69, 9.17) is 16.3 Å². The lowest BCUT2D eigenvalue weighted by Gasteiger charge is -2.31. The Morgan fingerprint density at radius 1 is 0.969 bits per heavy atom. The monoisotopic (exact) mass is 443 g/mol. The van der Waals surface area contributed by atoms with Gasteiger partial charge in [0.2, 0.25) is 0 Å². The van der Waals surface area contributed by atoms with E-state index < -0.39 is 0 Å². The molecule has 5 rings (SSSR count). The Balaban J connectivity index is 1.65. The number of hydrogen-bond donors (Lipinski definition) is 1. The maximum absolute atomic E-state index is 13.7. The van der Waals surface area contributed by atoms with Gasteiger partial charge in [0.15, 0.2) is 0 Å². The summed E-state index contributed by atoms with van der Waals surface area (Å²) in [5.41, 5.74) is 4.56. The summed E-state index contributed by atoms with van der Waals surface area (Å²) < 4.78 is 7.57. The molecule has 0 spiro atoms. The van der Waals surface area contributed by atoms with Crippen LogP contribution >= 0.6 is 11.6 Å². The molecule has 0 unspecified atom stereocenters. The lowest BCUT2D eigenvalue weighted by atomic mass is 10.0. The summed E-state index contributed by atoms with van der Waals surface area (Å²) >= 11 is 6.65. The van der Waals surface area contributed by atoms with Gasteiger partial charge in [-0.2, -0.15) is 0 Å². The highest BCUT2D eigenvalue weighted by Crippen LogP contribution is 2.39. The fourth-order valence-electron chi connectivity index (χ4n) is 4.30. The lowest BCUT2D eigenvalue weighted by molar-refractivity contribution is 0.194. The van der Waals surface area contributed by atoms with Crippen molar-refractivity contribution in [2.75, 3.05) is 12.4 Å². The largest absolute Gasteiger partial charge is 0.495 e. The predicted octanol–water partition coefficient (Wildman–Crippen LogP) is 6.28. The zero-order chi connectivity index (χ0) is 22.1. The average molecular weight is 444 g/mol. The van der Waals surface area contributed by atoms with Crippen LogP contribution in [0.2, 0.25) is 5.02 Å². The Morgan fingerprint density at radius 2 is 1.72 bits per heavy atom. The second-order valence-corrected chi connectivity index (χ2v) is 8.02. The molecule has 0 fully saturated rings. The third-order valence-corrected chi connectivity index (χ3v) is 6.12. The first-order valence-corrected chi connectivity index (χ1v) is 10.8. The number of para-hydroxylation sites is 3. The van der Waals surface area contributed by atoms with E-state index in [-0.39, 0.29) is 12.1 Å². The molecule has 1 aliphatic heterocycles. The smallest absolute Gasteiger partial charge is 0.323 e. The van der Waals surface area contributed by atoms with Crippen LogP contribution in [0, 0.1) is 0 Å². The second kappa shape index (κ2) is 8.44. The summed E-state index contributed by atoms with van der Waals surface area (Å²) in [5.74, 6) is 0.605. The molecule has 1 atom stereocenters. The number of amides is 2. The second-order valence-electron chi connectivity index (χ2n) is 7.61.